The van der Waals surface area contributed by atoms with Gasteiger partial charge in [0.15, 0.2) is 0 Å². The van der Waals surface area contributed by atoms with Crippen molar-refractivity contribution in [1.82, 2.24) is 10.2 Å². The summed E-state index contributed by atoms with van der Waals surface area (Å²) in [7, 11) is -0.0403. The van der Waals surface area contributed by atoms with Crippen LogP contribution in [0.5, 0.6) is 11.5 Å². The van der Waals surface area contributed by atoms with Crippen molar-refractivity contribution < 1.29 is 26.8 Å². The zero-order chi connectivity index (χ0) is 27.2. The number of benzene rings is 3. The molecule has 0 radical (unpaired) electrons. The molecular weight excluding hydrogens is 509 g/mol. The highest BCUT2D eigenvalue weighted by Gasteiger charge is 2.31. The van der Waals surface area contributed by atoms with E-state index in [0.717, 1.165) is 5.56 Å². The van der Waals surface area contributed by atoms with Crippen LogP contribution in [0.15, 0.2) is 65.1 Å². The number of fused-ring (bicyclic) bond motifs is 2. The second-order valence-corrected chi connectivity index (χ2v) is 11.3. The van der Waals surface area contributed by atoms with Crippen LogP contribution in [0, 0.1) is 5.82 Å². The predicted octanol–water partition coefficient (Wildman–Crippen LogP) is 5.16. The van der Waals surface area contributed by atoms with Gasteiger partial charge in [-0.15, -0.1) is 0 Å². The summed E-state index contributed by atoms with van der Waals surface area (Å²) in [6, 6.07) is 16.2. The minimum atomic E-state index is -3.54. The number of rotatable bonds is 5. The number of hydrogen-bond acceptors (Lipinski definition) is 6. The molecule has 5 rings (SSSR count). The number of ether oxygens (including phenoxy) is 1. The molecular formula is C28H28FN3O5S. The van der Waals surface area contributed by atoms with Gasteiger partial charge in [0.05, 0.1) is 17.5 Å². The van der Waals surface area contributed by atoms with E-state index in [0.29, 0.717) is 58.1 Å². The van der Waals surface area contributed by atoms with E-state index < -0.39 is 10.0 Å². The first-order valence-electron chi connectivity index (χ1n) is 12.1. The zero-order valence-corrected chi connectivity index (χ0v) is 22.3. The largest absolute Gasteiger partial charge is 0.457 e. The number of carbonyl (C=O) groups is 1. The van der Waals surface area contributed by atoms with Crippen molar-refractivity contribution in [1.29, 1.82) is 0 Å². The van der Waals surface area contributed by atoms with E-state index >= 15 is 0 Å². The lowest BCUT2D eigenvalue weighted by molar-refractivity contribution is 0.0964. The van der Waals surface area contributed by atoms with Gasteiger partial charge in [-0.05, 0) is 74.1 Å². The number of sulfonamides is 1. The number of nitrogens with zero attached hydrogens (tertiary/aromatic N) is 2. The number of anilines is 1. The van der Waals surface area contributed by atoms with Crippen LogP contribution in [0.4, 0.5) is 10.1 Å². The molecule has 1 N–H and O–H groups in total. The van der Waals surface area contributed by atoms with Crippen molar-refractivity contribution in [2.45, 2.75) is 13.0 Å². The van der Waals surface area contributed by atoms with Gasteiger partial charge in [-0.25, -0.2) is 12.8 Å². The Labute approximate surface area is 220 Å². The lowest BCUT2D eigenvalue weighted by atomic mass is 9.99. The molecule has 10 heteroatoms. The number of halogens is 1. The zero-order valence-electron chi connectivity index (χ0n) is 21.5. The average molecular weight is 538 g/mol. The van der Waals surface area contributed by atoms with Gasteiger partial charge in [0.1, 0.15) is 28.7 Å². The van der Waals surface area contributed by atoms with Crippen molar-refractivity contribution >= 4 is 32.6 Å². The average Bonchev–Trinajstić information content (AvgIpc) is 3.20. The molecule has 0 bridgehead atoms. The summed E-state index contributed by atoms with van der Waals surface area (Å²) in [6.45, 7) is 2.88. The fourth-order valence-electron chi connectivity index (χ4n) is 4.71. The quantitative estimate of drug-likeness (QED) is 0.378. The molecule has 0 saturated carbocycles. The molecule has 0 spiro atoms. The summed E-state index contributed by atoms with van der Waals surface area (Å²) in [5, 5.41) is 3.29. The minimum Gasteiger partial charge on any atom is -0.457 e. The van der Waals surface area contributed by atoms with E-state index in [2.05, 4.69) is 10.2 Å². The highest BCUT2D eigenvalue weighted by Crippen LogP contribution is 2.42. The van der Waals surface area contributed by atoms with Crippen molar-refractivity contribution in [3.63, 3.8) is 0 Å². The predicted molar refractivity (Wildman–Crippen MR) is 145 cm³/mol. The van der Waals surface area contributed by atoms with Crippen LogP contribution in [0.1, 0.15) is 28.9 Å². The molecule has 1 atom stereocenters. The molecule has 0 aliphatic carbocycles. The van der Waals surface area contributed by atoms with Crippen molar-refractivity contribution in [2.24, 2.45) is 0 Å². The summed E-state index contributed by atoms with van der Waals surface area (Å²) in [5.41, 5.74) is 2.76. The molecule has 0 unspecified atom stereocenters. The maximum absolute atomic E-state index is 13.2. The third kappa shape index (κ3) is 4.72. The van der Waals surface area contributed by atoms with Crippen LogP contribution < -0.4 is 14.4 Å². The van der Waals surface area contributed by atoms with E-state index in [-0.39, 0.29) is 17.8 Å². The van der Waals surface area contributed by atoms with E-state index in [4.69, 9.17) is 9.15 Å². The molecule has 1 aliphatic heterocycles. The Balaban J connectivity index is 1.62. The van der Waals surface area contributed by atoms with Gasteiger partial charge in [-0.1, -0.05) is 0 Å². The number of amides is 1. The summed E-state index contributed by atoms with van der Waals surface area (Å²) in [5.74, 6) is 0.715. The van der Waals surface area contributed by atoms with Gasteiger partial charge >= 0.3 is 0 Å². The normalized spacial score (nSPS) is 16.2. The fourth-order valence-corrected chi connectivity index (χ4v) is 5.64. The maximum atomic E-state index is 13.2. The molecule has 0 saturated heterocycles. The van der Waals surface area contributed by atoms with E-state index in [1.165, 1.54) is 34.8 Å². The Morgan fingerprint density at radius 1 is 1.05 bits per heavy atom. The lowest BCUT2D eigenvalue weighted by Crippen LogP contribution is -2.34. The molecule has 1 aliphatic rings. The smallest absolute Gasteiger partial charge is 0.255 e. The Hall–Kier alpha value is -3.89. The second kappa shape index (κ2) is 9.77. The Kier molecular flexibility index (Phi) is 6.62. The highest BCUT2D eigenvalue weighted by atomic mass is 32.2. The maximum Gasteiger partial charge on any atom is 0.255 e. The van der Waals surface area contributed by atoms with Crippen LogP contribution in [0.2, 0.25) is 0 Å². The highest BCUT2D eigenvalue weighted by molar-refractivity contribution is 7.92. The molecule has 4 aromatic rings. The minimum absolute atomic E-state index is 0.0834. The summed E-state index contributed by atoms with van der Waals surface area (Å²) >= 11 is 0. The molecule has 38 heavy (non-hydrogen) atoms. The van der Waals surface area contributed by atoms with Crippen LogP contribution >= 0.6 is 0 Å². The fraction of sp³-hybridized carbons (Fsp3) is 0.250. The number of hydrogen-bond donors (Lipinski definition) is 1. The number of likely N-dealkylation sites (N-methyl/N-ethyl adjacent to an activating group) is 1. The van der Waals surface area contributed by atoms with Crippen molar-refractivity contribution in [3.05, 3.63) is 77.6 Å². The van der Waals surface area contributed by atoms with Crippen LogP contribution in [0.25, 0.3) is 22.3 Å². The first-order valence-corrected chi connectivity index (χ1v) is 14.0. The van der Waals surface area contributed by atoms with Gasteiger partial charge in [0, 0.05) is 43.2 Å². The van der Waals surface area contributed by atoms with E-state index in [1.807, 2.05) is 20.0 Å². The number of furan rings is 1. The third-order valence-corrected chi connectivity index (χ3v) is 8.07. The third-order valence-electron chi connectivity index (χ3n) is 6.89. The number of nitrogens with one attached hydrogen (secondary N) is 1. The first-order chi connectivity index (χ1) is 18.1. The SMILES string of the molecule is CNC(=O)c1c(-c2ccc(Oc3ccc(F)cc3)cc2)oc2cc3c(cc12)[C@@H](C)N(C)CCN3S(C)(=O)=O. The molecule has 8 nitrogen and oxygen atoms in total. The number of carbonyl (C=O) groups excluding carboxylic acids is 1. The first kappa shape index (κ1) is 25.7. The van der Waals surface area contributed by atoms with Crippen molar-refractivity contribution in [2.75, 3.05) is 37.7 Å². The van der Waals surface area contributed by atoms with E-state index in [1.54, 1.807) is 37.4 Å². The molecule has 0 fully saturated rings. The van der Waals surface area contributed by atoms with Crippen molar-refractivity contribution in [3.8, 4) is 22.8 Å². The molecule has 3 aromatic carbocycles. The van der Waals surface area contributed by atoms with Gasteiger partial charge in [-0.3, -0.25) is 14.0 Å². The monoisotopic (exact) mass is 537 g/mol. The molecule has 1 aromatic heterocycles. The van der Waals surface area contributed by atoms with Gasteiger partial charge in [0.25, 0.3) is 5.91 Å². The molecule has 1 amide bonds. The summed E-state index contributed by atoms with van der Waals surface area (Å²) < 4.78 is 51.9. The van der Waals surface area contributed by atoms with Crippen LogP contribution in [-0.4, -0.2) is 52.7 Å². The van der Waals surface area contributed by atoms with Crippen LogP contribution in [-0.2, 0) is 10.0 Å². The lowest BCUT2D eigenvalue weighted by Gasteiger charge is -2.23. The summed E-state index contributed by atoms with van der Waals surface area (Å²) in [4.78, 5) is 15.2. The van der Waals surface area contributed by atoms with Gasteiger partial charge in [-0.2, -0.15) is 0 Å². The van der Waals surface area contributed by atoms with Crippen LogP contribution in [0.3, 0.4) is 0 Å². The van der Waals surface area contributed by atoms with Gasteiger partial charge < -0.3 is 14.5 Å². The standard InChI is InChI=1S/C28H28FN3O5S/c1-17-22-15-23-25(16-24(22)32(38(4,34)35)14-13-31(17)3)37-27(26(23)28(33)30-2)18-5-9-20(10-6-18)36-21-11-7-19(29)8-12-21/h5-12,15-17H,13-14H2,1-4H3,(H,30,33)/t17-/m1/s1. The summed E-state index contributed by atoms with van der Waals surface area (Å²) in [6.07, 6.45) is 1.19. The Bertz CT molecular complexity index is 1620. The topological polar surface area (TPSA) is 92.1 Å². The van der Waals surface area contributed by atoms with E-state index in [9.17, 15) is 17.6 Å². The second-order valence-electron chi connectivity index (χ2n) is 9.36. The Morgan fingerprint density at radius 3 is 2.29 bits per heavy atom. The molecule has 2 heterocycles. The van der Waals surface area contributed by atoms with Gasteiger partial charge in [0.2, 0.25) is 10.0 Å². The Morgan fingerprint density at radius 2 is 1.68 bits per heavy atom. The molecule has 198 valence electrons.